The third-order valence-electron chi connectivity index (χ3n) is 5.10. The molecule has 136 valence electrons. The molecule has 26 heavy (non-hydrogen) atoms. The molecule has 1 aliphatic heterocycles. The highest BCUT2D eigenvalue weighted by atomic mass is 16.5. The first kappa shape index (κ1) is 16.8. The number of H-pyrrole nitrogens is 1. The van der Waals surface area contributed by atoms with Crippen molar-refractivity contribution in [2.45, 2.75) is 33.2 Å². The van der Waals surface area contributed by atoms with E-state index in [4.69, 9.17) is 9.26 Å². The maximum atomic E-state index is 12.8. The second kappa shape index (κ2) is 6.61. The molecule has 2 atom stereocenters. The van der Waals surface area contributed by atoms with Gasteiger partial charge in [0.05, 0.1) is 24.9 Å². The van der Waals surface area contributed by atoms with Crippen LogP contribution in [0.3, 0.4) is 0 Å². The van der Waals surface area contributed by atoms with E-state index >= 15 is 0 Å². The fourth-order valence-electron chi connectivity index (χ4n) is 3.64. The molecular weight excluding hydrogens is 330 g/mol. The Labute approximate surface area is 151 Å². The lowest BCUT2D eigenvalue weighted by molar-refractivity contribution is 0.0919. The summed E-state index contributed by atoms with van der Waals surface area (Å²) >= 11 is 0. The second-order valence-corrected chi connectivity index (χ2v) is 7.19. The largest absolute Gasteiger partial charge is 0.379 e. The maximum Gasteiger partial charge on any atom is 0.268 e. The highest BCUT2D eigenvalue weighted by Crippen LogP contribution is 2.24. The molecule has 1 saturated heterocycles. The van der Waals surface area contributed by atoms with Gasteiger partial charge in [0.1, 0.15) is 11.5 Å². The molecule has 1 aliphatic rings. The number of benzene rings is 1. The molecule has 0 bridgehead atoms. The summed E-state index contributed by atoms with van der Waals surface area (Å²) in [6.07, 6.45) is 0.705. The van der Waals surface area contributed by atoms with E-state index in [0.29, 0.717) is 25.3 Å². The van der Waals surface area contributed by atoms with E-state index in [1.807, 2.05) is 32.0 Å². The van der Waals surface area contributed by atoms with E-state index in [1.165, 1.54) is 5.56 Å². The first-order valence-corrected chi connectivity index (χ1v) is 8.91. The van der Waals surface area contributed by atoms with Gasteiger partial charge in [0.2, 0.25) is 0 Å². The fraction of sp³-hybridized carbons (Fsp3) is 0.400. The zero-order valence-corrected chi connectivity index (χ0v) is 15.3. The number of carbonyl (C=O) groups excluding carboxylic acids is 1. The molecule has 6 heteroatoms. The maximum absolute atomic E-state index is 12.8. The minimum atomic E-state index is -0.0920. The molecule has 0 spiro atoms. The number of ether oxygens (including phenoxy) is 1. The van der Waals surface area contributed by atoms with Crippen molar-refractivity contribution in [2.24, 2.45) is 5.92 Å². The third kappa shape index (κ3) is 3.12. The summed E-state index contributed by atoms with van der Waals surface area (Å²) in [6.45, 7) is 7.06. The molecule has 3 heterocycles. The SMILES string of the molecule is Cc1ccc2[nH]c(C(=O)N[C@@H]3COC[C@@H]3Cc3cc(C)no3)c(C)c2c1. The quantitative estimate of drug-likeness (QED) is 0.755. The van der Waals surface area contributed by atoms with Crippen LogP contribution >= 0.6 is 0 Å². The van der Waals surface area contributed by atoms with Gasteiger partial charge in [-0.1, -0.05) is 16.8 Å². The number of aromatic nitrogens is 2. The Morgan fingerprint density at radius 3 is 2.88 bits per heavy atom. The van der Waals surface area contributed by atoms with E-state index in [-0.39, 0.29) is 17.9 Å². The van der Waals surface area contributed by atoms with Crippen LogP contribution in [0.25, 0.3) is 10.9 Å². The van der Waals surface area contributed by atoms with Gasteiger partial charge in [-0.05, 0) is 38.5 Å². The number of nitrogens with one attached hydrogen (secondary N) is 2. The van der Waals surface area contributed by atoms with Gasteiger partial charge in [-0.2, -0.15) is 0 Å². The first-order chi connectivity index (χ1) is 12.5. The number of amides is 1. The molecule has 2 aromatic heterocycles. The monoisotopic (exact) mass is 353 g/mol. The van der Waals surface area contributed by atoms with Crippen LogP contribution < -0.4 is 5.32 Å². The van der Waals surface area contributed by atoms with E-state index < -0.39 is 0 Å². The molecule has 6 nitrogen and oxygen atoms in total. The van der Waals surface area contributed by atoms with Gasteiger partial charge >= 0.3 is 0 Å². The van der Waals surface area contributed by atoms with Crippen molar-refractivity contribution in [3.8, 4) is 0 Å². The molecule has 0 unspecified atom stereocenters. The van der Waals surface area contributed by atoms with Gasteiger partial charge < -0.3 is 19.6 Å². The third-order valence-corrected chi connectivity index (χ3v) is 5.10. The predicted octanol–water partition coefficient (Wildman–Crippen LogP) is 3.07. The molecule has 0 radical (unpaired) electrons. The smallest absolute Gasteiger partial charge is 0.268 e. The summed E-state index contributed by atoms with van der Waals surface area (Å²) in [4.78, 5) is 16.1. The van der Waals surface area contributed by atoms with Crippen LogP contribution in [-0.2, 0) is 11.2 Å². The Morgan fingerprint density at radius 1 is 1.27 bits per heavy atom. The number of aromatic amines is 1. The second-order valence-electron chi connectivity index (χ2n) is 7.19. The van der Waals surface area contributed by atoms with Gasteiger partial charge in [-0.15, -0.1) is 0 Å². The van der Waals surface area contributed by atoms with Crippen LogP contribution in [0.4, 0.5) is 0 Å². The zero-order chi connectivity index (χ0) is 18.3. The van der Waals surface area contributed by atoms with Gasteiger partial charge in [0, 0.05) is 29.3 Å². The molecule has 1 aromatic carbocycles. The Hall–Kier alpha value is -2.60. The minimum absolute atomic E-state index is 0.0412. The zero-order valence-electron chi connectivity index (χ0n) is 15.3. The van der Waals surface area contributed by atoms with Gasteiger partial charge in [-0.3, -0.25) is 4.79 Å². The number of fused-ring (bicyclic) bond motifs is 1. The molecule has 0 aliphatic carbocycles. The number of rotatable bonds is 4. The predicted molar refractivity (Wildman–Crippen MR) is 98.3 cm³/mol. The Bertz CT molecular complexity index is 957. The normalized spacial score (nSPS) is 20.0. The van der Waals surface area contributed by atoms with E-state index in [2.05, 4.69) is 28.4 Å². The Balaban J connectivity index is 1.51. The molecule has 4 rings (SSSR count). The number of carbonyl (C=O) groups is 1. The average molecular weight is 353 g/mol. The first-order valence-electron chi connectivity index (χ1n) is 8.91. The van der Waals surface area contributed by atoms with Crippen molar-refractivity contribution in [1.82, 2.24) is 15.5 Å². The molecule has 1 fully saturated rings. The lowest BCUT2D eigenvalue weighted by Crippen LogP contribution is -2.41. The van der Waals surface area contributed by atoms with Crippen LogP contribution in [0.15, 0.2) is 28.8 Å². The number of hydrogen-bond donors (Lipinski definition) is 2. The summed E-state index contributed by atoms with van der Waals surface area (Å²) in [6, 6.07) is 8.05. The number of nitrogens with zero attached hydrogens (tertiary/aromatic N) is 1. The average Bonchev–Trinajstić information content (AvgIpc) is 3.29. The van der Waals surface area contributed by atoms with Crippen LogP contribution in [0.2, 0.25) is 0 Å². The van der Waals surface area contributed by atoms with Crippen molar-refractivity contribution >= 4 is 16.8 Å². The van der Waals surface area contributed by atoms with Crippen LogP contribution in [0, 0.1) is 26.7 Å². The molecule has 3 aromatic rings. The lowest BCUT2D eigenvalue weighted by Gasteiger charge is -2.17. The van der Waals surface area contributed by atoms with E-state index in [1.54, 1.807) is 0 Å². The topological polar surface area (TPSA) is 80.2 Å². The molecule has 0 saturated carbocycles. The number of aryl methyl sites for hydroxylation is 3. The van der Waals surface area contributed by atoms with E-state index in [9.17, 15) is 4.79 Å². The molecule has 2 N–H and O–H groups in total. The number of hydrogen-bond acceptors (Lipinski definition) is 4. The van der Waals surface area contributed by atoms with Gasteiger partial charge in [-0.25, -0.2) is 0 Å². The fourth-order valence-corrected chi connectivity index (χ4v) is 3.64. The van der Waals surface area contributed by atoms with Crippen molar-refractivity contribution < 1.29 is 14.1 Å². The highest BCUT2D eigenvalue weighted by molar-refractivity contribution is 6.01. The van der Waals surface area contributed by atoms with Crippen molar-refractivity contribution in [3.63, 3.8) is 0 Å². The standard InChI is InChI=1S/C20H23N3O3/c1-11-4-5-17-16(6-11)13(3)19(21-17)20(24)22-18-10-25-9-14(18)8-15-7-12(2)23-26-15/h4-7,14,18,21H,8-10H2,1-3H3,(H,22,24)/t14-,18+/m0/s1. The van der Waals surface area contributed by atoms with Gasteiger partial charge in [0.25, 0.3) is 5.91 Å². The van der Waals surface area contributed by atoms with Crippen molar-refractivity contribution in [1.29, 1.82) is 0 Å². The summed E-state index contributed by atoms with van der Waals surface area (Å²) in [5, 5.41) is 8.15. The highest BCUT2D eigenvalue weighted by Gasteiger charge is 2.31. The van der Waals surface area contributed by atoms with Crippen LogP contribution in [-0.4, -0.2) is 35.3 Å². The minimum Gasteiger partial charge on any atom is -0.379 e. The van der Waals surface area contributed by atoms with Crippen LogP contribution in [0.1, 0.15) is 33.1 Å². The summed E-state index contributed by atoms with van der Waals surface area (Å²) in [5.74, 6) is 0.915. The van der Waals surface area contributed by atoms with Crippen LogP contribution in [0.5, 0.6) is 0 Å². The van der Waals surface area contributed by atoms with E-state index in [0.717, 1.165) is 27.9 Å². The summed E-state index contributed by atoms with van der Waals surface area (Å²) < 4.78 is 10.9. The Kier molecular flexibility index (Phi) is 4.28. The Morgan fingerprint density at radius 2 is 2.12 bits per heavy atom. The lowest BCUT2D eigenvalue weighted by atomic mass is 9.98. The van der Waals surface area contributed by atoms with Crippen molar-refractivity contribution in [2.75, 3.05) is 13.2 Å². The molecular formula is C20H23N3O3. The molecule has 1 amide bonds. The van der Waals surface area contributed by atoms with Gasteiger partial charge in [0.15, 0.2) is 0 Å². The van der Waals surface area contributed by atoms with Crippen molar-refractivity contribution in [3.05, 3.63) is 52.5 Å². The summed E-state index contributed by atoms with van der Waals surface area (Å²) in [5.41, 5.74) is 4.62. The summed E-state index contributed by atoms with van der Waals surface area (Å²) in [7, 11) is 0.